The zero-order valence-corrected chi connectivity index (χ0v) is 16.9. The van der Waals surface area contributed by atoms with E-state index in [2.05, 4.69) is 5.32 Å². The van der Waals surface area contributed by atoms with Crippen molar-refractivity contribution in [2.75, 3.05) is 15.9 Å². The summed E-state index contributed by atoms with van der Waals surface area (Å²) >= 11 is 0. The van der Waals surface area contributed by atoms with Crippen LogP contribution in [0.4, 0.5) is 11.4 Å². The van der Waals surface area contributed by atoms with Gasteiger partial charge in [-0.05, 0) is 81.1 Å². The quantitative estimate of drug-likeness (QED) is 0.867. The van der Waals surface area contributed by atoms with Gasteiger partial charge in [-0.2, -0.15) is 0 Å². The maximum absolute atomic E-state index is 12.7. The minimum Gasteiger partial charge on any atom is -0.324 e. The van der Waals surface area contributed by atoms with Crippen LogP contribution in [0.15, 0.2) is 36.4 Å². The number of sulfonamides is 1. The number of benzene rings is 2. The standard InChI is InChI=1S/C20H26N2O3S/c1-13-7-9-18(11-15(13)3)21-20(23)17(5)22(26(6,24)25)19-10-8-14(2)16(4)12-19/h7-12,17H,1-6H3,(H,21,23). The smallest absolute Gasteiger partial charge is 0.247 e. The summed E-state index contributed by atoms with van der Waals surface area (Å²) in [6, 6.07) is 10.1. The minimum absolute atomic E-state index is 0.378. The summed E-state index contributed by atoms with van der Waals surface area (Å²) in [7, 11) is -3.63. The number of nitrogens with zero attached hydrogens (tertiary/aromatic N) is 1. The number of anilines is 2. The number of rotatable bonds is 5. The van der Waals surface area contributed by atoms with Crippen LogP contribution in [0, 0.1) is 27.7 Å². The van der Waals surface area contributed by atoms with Crippen LogP contribution in [0.5, 0.6) is 0 Å². The van der Waals surface area contributed by atoms with Crippen molar-refractivity contribution in [3.8, 4) is 0 Å². The Bertz CT molecular complexity index is 936. The molecular weight excluding hydrogens is 348 g/mol. The van der Waals surface area contributed by atoms with Gasteiger partial charge in [0.05, 0.1) is 11.9 Å². The molecule has 2 aromatic rings. The number of amides is 1. The van der Waals surface area contributed by atoms with Crippen LogP contribution in [0.1, 0.15) is 29.2 Å². The van der Waals surface area contributed by atoms with Crippen LogP contribution >= 0.6 is 0 Å². The fourth-order valence-corrected chi connectivity index (χ4v) is 3.90. The van der Waals surface area contributed by atoms with Gasteiger partial charge in [-0.3, -0.25) is 9.10 Å². The lowest BCUT2D eigenvalue weighted by Crippen LogP contribution is -2.45. The maximum atomic E-state index is 12.7. The number of hydrogen-bond acceptors (Lipinski definition) is 3. The molecule has 0 saturated carbocycles. The highest BCUT2D eigenvalue weighted by Gasteiger charge is 2.29. The van der Waals surface area contributed by atoms with Gasteiger partial charge in [-0.15, -0.1) is 0 Å². The van der Waals surface area contributed by atoms with Gasteiger partial charge >= 0.3 is 0 Å². The van der Waals surface area contributed by atoms with Crippen molar-refractivity contribution in [3.63, 3.8) is 0 Å². The lowest BCUT2D eigenvalue weighted by Gasteiger charge is -2.28. The van der Waals surface area contributed by atoms with Crippen molar-refractivity contribution >= 4 is 27.3 Å². The van der Waals surface area contributed by atoms with Gasteiger partial charge in [-0.1, -0.05) is 12.1 Å². The summed E-state index contributed by atoms with van der Waals surface area (Å²) in [6.45, 7) is 9.42. The zero-order valence-electron chi connectivity index (χ0n) is 16.1. The Morgan fingerprint density at radius 2 is 1.46 bits per heavy atom. The molecule has 0 spiro atoms. The van der Waals surface area contributed by atoms with Crippen LogP contribution in [0.3, 0.4) is 0 Å². The summed E-state index contributed by atoms with van der Waals surface area (Å²) in [5.41, 5.74) is 5.36. The van der Waals surface area contributed by atoms with Crippen molar-refractivity contribution in [2.45, 2.75) is 40.7 Å². The normalized spacial score (nSPS) is 12.5. The summed E-state index contributed by atoms with van der Waals surface area (Å²) in [4.78, 5) is 12.7. The lowest BCUT2D eigenvalue weighted by atomic mass is 10.1. The molecule has 0 bridgehead atoms. The third kappa shape index (κ3) is 4.43. The van der Waals surface area contributed by atoms with E-state index in [-0.39, 0.29) is 5.91 Å². The number of carbonyl (C=O) groups excluding carboxylic acids is 1. The SMILES string of the molecule is Cc1ccc(NC(=O)C(C)N(c2ccc(C)c(C)c2)S(C)(=O)=O)cc1C. The first-order valence-corrected chi connectivity index (χ1v) is 10.3. The largest absolute Gasteiger partial charge is 0.324 e. The monoisotopic (exact) mass is 374 g/mol. The van der Waals surface area contributed by atoms with Crippen molar-refractivity contribution in [1.29, 1.82) is 0 Å². The second-order valence-electron chi connectivity index (χ2n) is 6.79. The first kappa shape index (κ1) is 20.0. The molecular formula is C20H26N2O3S. The molecule has 1 amide bonds. The van der Waals surface area contributed by atoms with E-state index in [1.54, 1.807) is 19.1 Å². The molecule has 1 N–H and O–H groups in total. The summed E-state index contributed by atoms with van der Waals surface area (Å²) in [5.74, 6) is -0.378. The summed E-state index contributed by atoms with van der Waals surface area (Å²) in [5, 5.41) is 2.81. The van der Waals surface area contributed by atoms with Gasteiger partial charge in [-0.25, -0.2) is 8.42 Å². The second kappa shape index (κ2) is 7.50. The second-order valence-corrected chi connectivity index (χ2v) is 8.65. The van der Waals surface area contributed by atoms with Crippen molar-refractivity contribution in [2.24, 2.45) is 0 Å². The van der Waals surface area contributed by atoms with E-state index in [4.69, 9.17) is 0 Å². The van der Waals surface area contributed by atoms with Gasteiger partial charge in [0.15, 0.2) is 0 Å². The number of hydrogen-bond donors (Lipinski definition) is 1. The van der Waals surface area contributed by atoms with Crippen LogP contribution in [0.2, 0.25) is 0 Å². The van der Waals surface area contributed by atoms with Crippen LogP contribution in [0.25, 0.3) is 0 Å². The molecule has 0 fully saturated rings. The van der Waals surface area contributed by atoms with Crippen molar-refractivity contribution in [3.05, 3.63) is 58.7 Å². The summed E-state index contributed by atoms with van der Waals surface area (Å²) in [6.07, 6.45) is 1.11. The van der Waals surface area contributed by atoms with E-state index in [9.17, 15) is 13.2 Å². The van der Waals surface area contributed by atoms with Crippen molar-refractivity contribution in [1.82, 2.24) is 0 Å². The van der Waals surface area contributed by atoms with Crippen molar-refractivity contribution < 1.29 is 13.2 Å². The highest BCUT2D eigenvalue weighted by molar-refractivity contribution is 7.92. The zero-order chi connectivity index (χ0) is 19.6. The molecule has 0 saturated heterocycles. The van der Waals surface area contributed by atoms with Gasteiger partial charge in [0.25, 0.3) is 0 Å². The topological polar surface area (TPSA) is 66.5 Å². The molecule has 0 radical (unpaired) electrons. The average molecular weight is 375 g/mol. The molecule has 0 heterocycles. The van der Waals surface area contributed by atoms with E-state index in [1.165, 1.54) is 0 Å². The Labute approximate surface area is 156 Å². The Morgan fingerprint density at radius 3 is 1.96 bits per heavy atom. The Kier molecular flexibility index (Phi) is 5.76. The minimum atomic E-state index is -3.63. The molecule has 1 unspecified atom stereocenters. The average Bonchev–Trinajstić information content (AvgIpc) is 2.53. The molecule has 140 valence electrons. The number of aryl methyl sites for hydroxylation is 4. The molecule has 2 rings (SSSR count). The van der Waals surface area contributed by atoms with Gasteiger partial charge in [0, 0.05) is 5.69 Å². The van der Waals surface area contributed by atoms with Crippen LogP contribution in [-0.4, -0.2) is 26.6 Å². The first-order chi connectivity index (χ1) is 12.0. The van der Waals surface area contributed by atoms with E-state index < -0.39 is 16.1 Å². The Hall–Kier alpha value is -2.34. The lowest BCUT2D eigenvalue weighted by molar-refractivity contribution is -0.116. The molecule has 1 atom stereocenters. The fraction of sp³-hybridized carbons (Fsp3) is 0.350. The van der Waals surface area contributed by atoms with E-state index in [1.807, 2.05) is 52.0 Å². The molecule has 5 nitrogen and oxygen atoms in total. The van der Waals surface area contributed by atoms with Crippen LogP contribution in [-0.2, 0) is 14.8 Å². The number of nitrogens with one attached hydrogen (secondary N) is 1. The van der Waals surface area contributed by atoms with E-state index in [0.29, 0.717) is 11.4 Å². The van der Waals surface area contributed by atoms with Gasteiger partial charge in [0.2, 0.25) is 15.9 Å². The van der Waals surface area contributed by atoms with Gasteiger partial charge < -0.3 is 5.32 Å². The molecule has 6 heteroatoms. The molecule has 0 aliphatic heterocycles. The number of carbonyl (C=O) groups is 1. The molecule has 2 aromatic carbocycles. The third-order valence-corrected chi connectivity index (χ3v) is 5.85. The van der Waals surface area contributed by atoms with Crippen LogP contribution < -0.4 is 9.62 Å². The predicted octanol–water partition coefficient (Wildman–Crippen LogP) is 3.71. The molecule has 0 aliphatic rings. The molecule has 0 aromatic heterocycles. The highest BCUT2D eigenvalue weighted by atomic mass is 32.2. The predicted molar refractivity (Wildman–Crippen MR) is 107 cm³/mol. The van der Waals surface area contributed by atoms with E-state index >= 15 is 0 Å². The summed E-state index contributed by atoms with van der Waals surface area (Å²) < 4.78 is 25.9. The Balaban J connectivity index is 2.34. The maximum Gasteiger partial charge on any atom is 0.247 e. The van der Waals surface area contributed by atoms with Gasteiger partial charge in [0.1, 0.15) is 6.04 Å². The highest BCUT2D eigenvalue weighted by Crippen LogP contribution is 2.24. The third-order valence-electron chi connectivity index (χ3n) is 4.61. The molecule has 0 aliphatic carbocycles. The first-order valence-electron chi connectivity index (χ1n) is 8.45. The molecule has 26 heavy (non-hydrogen) atoms. The van der Waals surface area contributed by atoms with E-state index in [0.717, 1.165) is 32.8 Å². The Morgan fingerprint density at radius 1 is 0.923 bits per heavy atom. The fourth-order valence-electron chi connectivity index (χ4n) is 2.74.